The number of hydrogen-bond acceptors (Lipinski definition) is 1. The van der Waals surface area contributed by atoms with Gasteiger partial charge in [-0.25, -0.2) is 0 Å². The third kappa shape index (κ3) is 2.51. The molecule has 0 radical (unpaired) electrons. The van der Waals surface area contributed by atoms with E-state index in [1.54, 1.807) is 0 Å². The highest BCUT2D eigenvalue weighted by Gasteiger charge is 2.46. The Morgan fingerprint density at radius 1 is 0.762 bits per heavy atom. The summed E-state index contributed by atoms with van der Waals surface area (Å²) >= 11 is 0. The lowest BCUT2D eigenvalue weighted by molar-refractivity contribution is -0.103. The topological polar surface area (TPSA) is 20.2 Å². The summed E-state index contributed by atoms with van der Waals surface area (Å²) in [5.74, 6) is 0. The Morgan fingerprint density at radius 2 is 1.33 bits per heavy atom. The van der Waals surface area contributed by atoms with Crippen molar-refractivity contribution >= 4 is 0 Å². The summed E-state index contributed by atoms with van der Waals surface area (Å²) in [5, 5.41) is 11.2. The van der Waals surface area contributed by atoms with E-state index in [2.05, 4.69) is 62.4 Å². The molecule has 1 heteroatoms. The first kappa shape index (κ1) is 14.3. The minimum atomic E-state index is -0.694. The average Bonchev–Trinajstić information content (AvgIpc) is 2.51. The summed E-state index contributed by atoms with van der Waals surface area (Å²) in [4.78, 5) is 0. The van der Waals surface area contributed by atoms with E-state index in [-0.39, 0.29) is 5.41 Å². The molecule has 1 aliphatic carbocycles. The Bertz CT molecular complexity index is 597. The van der Waals surface area contributed by atoms with Gasteiger partial charge in [0.1, 0.15) is 0 Å². The molecule has 2 aromatic rings. The molecular weight excluding hydrogens is 256 g/mol. The molecule has 2 aromatic carbocycles. The molecule has 0 aliphatic heterocycles. The van der Waals surface area contributed by atoms with Crippen molar-refractivity contribution < 1.29 is 5.11 Å². The predicted octanol–water partition coefficient (Wildman–Crippen LogP) is 5.14. The van der Waals surface area contributed by atoms with Gasteiger partial charge in [-0.05, 0) is 34.9 Å². The fourth-order valence-corrected chi connectivity index (χ4v) is 3.60. The van der Waals surface area contributed by atoms with Crippen LogP contribution in [-0.4, -0.2) is 5.11 Å². The number of rotatable bonds is 2. The Hall–Kier alpha value is -1.60. The minimum absolute atomic E-state index is 0.0560. The highest BCUT2D eigenvalue weighted by atomic mass is 16.3. The lowest BCUT2D eigenvalue weighted by Gasteiger charge is -2.47. The predicted molar refractivity (Wildman–Crippen MR) is 88.0 cm³/mol. The van der Waals surface area contributed by atoms with E-state index in [4.69, 9.17) is 0 Å². The molecule has 0 spiro atoms. The molecule has 1 nitrogen and oxygen atoms in total. The van der Waals surface area contributed by atoms with Crippen LogP contribution in [0.4, 0.5) is 0 Å². The van der Waals surface area contributed by atoms with Crippen LogP contribution in [0.2, 0.25) is 0 Å². The molecule has 3 rings (SSSR count). The number of aliphatic hydroxyl groups is 1. The van der Waals surface area contributed by atoms with Gasteiger partial charge >= 0.3 is 0 Å². The molecule has 1 fully saturated rings. The summed E-state index contributed by atoms with van der Waals surface area (Å²) < 4.78 is 0. The fourth-order valence-electron chi connectivity index (χ4n) is 3.60. The van der Waals surface area contributed by atoms with Crippen molar-refractivity contribution in [1.29, 1.82) is 0 Å². The van der Waals surface area contributed by atoms with Crippen LogP contribution in [0.25, 0.3) is 11.1 Å². The van der Waals surface area contributed by atoms with E-state index in [1.165, 1.54) is 17.5 Å². The third-order valence-corrected chi connectivity index (χ3v) is 5.18. The van der Waals surface area contributed by atoms with Crippen molar-refractivity contribution in [2.24, 2.45) is 5.41 Å². The fraction of sp³-hybridized carbons (Fsp3) is 0.400. The molecule has 0 saturated heterocycles. The molecule has 21 heavy (non-hydrogen) atoms. The van der Waals surface area contributed by atoms with Gasteiger partial charge in [-0.15, -0.1) is 0 Å². The van der Waals surface area contributed by atoms with Crippen LogP contribution < -0.4 is 0 Å². The first-order valence-corrected chi connectivity index (χ1v) is 7.91. The van der Waals surface area contributed by atoms with Crippen LogP contribution in [0, 0.1) is 5.41 Å². The zero-order valence-corrected chi connectivity index (χ0v) is 13.0. The second-order valence-electron chi connectivity index (χ2n) is 6.89. The zero-order valence-electron chi connectivity index (χ0n) is 13.0. The molecule has 1 atom stereocenters. The molecule has 110 valence electrons. The van der Waals surface area contributed by atoms with Crippen molar-refractivity contribution in [2.75, 3.05) is 0 Å². The van der Waals surface area contributed by atoms with E-state index < -0.39 is 5.60 Å². The molecule has 0 bridgehead atoms. The van der Waals surface area contributed by atoms with Crippen molar-refractivity contribution in [3.8, 4) is 11.1 Å². The molecule has 0 heterocycles. The van der Waals surface area contributed by atoms with Crippen molar-refractivity contribution in [3.63, 3.8) is 0 Å². The van der Waals surface area contributed by atoms with Crippen LogP contribution in [0.1, 0.15) is 45.1 Å². The van der Waals surface area contributed by atoms with E-state index >= 15 is 0 Å². The lowest BCUT2D eigenvalue weighted by atomic mass is 9.62. The molecule has 1 saturated carbocycles. The maximum absolute atomic E-state index is 11.2. The van der Waals surface area contributed by atoms with Gasteiger partial charge in [0.15, 0.2) is 0 Å². The SMILES string of the molecule is CC1(C)CCCCC1(O)c1ccc(-c2ccccc2)cc1. The summed E-state index contributed by atoms with van der Waals surface area (Å²) in [6.07, 6.45) is 4.28. The second kappa shape index (κ2) is 5.31. The van der Waals surface area contributed by atoms with Crippen molar-refractivity contribution in [2.45, 2.75) is 45.1 Å². The molecular formula is C20H24O. The normalized spacial score (nSPS) is 24.7. The third-order valence-electron chi connectivity index (χ3n) is 5.18. The van der Waals surface area contributed by atoms with Crippen LogP contribution in [0.15, 0.2) is 54.6 Å². The lowest BCUT2D eigenvalue weighted by Crippen LogP contribution is -2.44. The second-order valence-corrected chi connectivity index (χ2v) is 6.89. The van der Waals surface area contributed by atoms with E-state index in [0.29, 0.717) is 0 Å². The van der Waals surface area contributed by atoms with Crippen molar-refractivity contribution in [1.82, 2.24) is 0 Å². The quantitative estimate of drug-likeness (QED) is 0.807. The summed E-state index contributed by atoms with van der Waals surface area (Å²) in [7, 11) is 0. The molecule has 1 N–H and O–H groups in total. The Balaban J connectivity index is 1.94. The van der Waals surface area contributed by atoms with E-state index in [9.17, 15) is 5.11 Å². The Labute approximate surface area is 127 Å². The Morgan fingerprint density at radius 3 is 1.95 bits per heavy atom. The van der Waals surface area contributed by atoms with Gasteiger partial charge in [-0.3, -0.25) is 0 Å². The zero-order chi connectivity index (χ0) is 14.9. The largest absolute Gasteiger partial charge is 0.385 e. The van der Waals surface area contributed by atoms with Gasteiger partial charge < -0.3 is 5.11 Å². The molecule has 1 unspecified atom stereocenters. The van der Waals surface area contributed by atoms with Gasteiger partial charge in [0.2, 0.25) is 0 Å². The number of benzene rings is 2. The smallest absolute Gasteiger partial charge is 0.0947 e. The van der Waals surface area contributed by atoms with Gasteiger partial charge in [-0.2, -0.15) is 0 Å². The monoisotopic (exact) mass is 280 g/mol. The highest BCUT2D eigenvalue weighted by Crippen LogP contribution is 2.50. The summed E-state index contributed by atoms with van der Waals surface area (Å²) in [6.45, 7) is 4.38. The van der Waals surface area contributed by atoms with E-state index in [0.717, 1.165) is 24.8 Å². The van der Waals surface area contributed by atoms with Gasteiger partial charge in [0.05, 0.1) is 5.60 Å². The van der Waals surface area contributed by atoms with Crippen LogP contribution in [-0.2, 0) is 5.60 Å². The molecule has 1 aliphatic rings. The van der Waals surface area contributed by atoms with Crippen LogP contribution >= 0.6 is 0 Å². The number of hydrogen-bond donors (Lipinski definition) is 1. The molecule has 0 amide bonds. The standard InChI is InChI=1S/C20H24O/c1-19(2)14-6-7-15-20(19,21)18-12-10-17(11-13-18)16-8-4-3-5-9-16/h3-5,8-13,21H,6-7,14-15H2,1-2H3. The maximum atomic E-state index is 11.2. The first-order valence-electron chi connectivity index (χ1n) is 7.91. The highest BCUT2D eigenvalue weighted by molar-refractivity contribution is 5.63. The van der Waals surface area contributed by atoms with E-state index in [1.807, 2.05) is 6.07 Å². The average molecular weight is 280 g/mol. The van der Waals surface area contributed by atoms with Crippen molar-refractivity contribution in [3.05, 3.63) is 60.2 Å². The van der Waals surface area contributed by atoms with Gasteiger partial charge in [0.25, 0.3) is 0 Å². The first-order chi connectivity index (χ1) is 10.0. The minimum Gasteiger partial charge on any atom is -0.385 e. The van der Waals surface area contributed by atoms with Crippen LogP contribution in [0.3, 0.4) is 0 Å². The van der Waals surface area contributed by atoms with Gasteiger partial charge in [0, 0.05) is 0 Å². The maximum Gasteiger partial charge on any atom is 0.0947 e. The Kier molecular flexibility index (Phi) is 3.62. The van der Waals surface area contributed by atoms with Crippen LogP contribution in [0.5, 0.6) is 0 Å². The van der Waals surface area contributed by atoms with Gasteiger partial charge in [-0.1, -0.05) is 81.3 Å². The molecule has 0 aromatic heterocycles. The summed E-state index contributed by atoms with van der Waals surface area (Å²) in [6, 6.07) is 18.9. The summed E-state index contributed by atoms with van der Waals surface area (Å²) in [5.41, 5.74) is 2.74.